The Bertz CT molecular complexity index is 297. The summed E-state index contributed by atoms with van der Waals surface area (Å²) in [5, 5.41) is 9.27. The number of hydrogen-bond donors (Lipinski definition) is 1. The predicted octanol–water partition coefficient (Wildman–Crippen LogP) is 1.63. The van der Waals surface area contributed by atoms with Crippen molar-refractivity contribution in [3.63, 3.8) is 0 Å². The average molecular weight is 227 g/mol. The van der Waals surface area contributed by atoms with Crippen molar-refractivity contribution in [2.45, 2.75) is 39.2 Å². The van der Waals surface area contributed by atoms with E-state index in [1.807, 2.05) is 20.8 Å². The van der Waals surface area contributed by atoms with Gasteiger partial charge in [-0.1, -0.05) is 0 Å². The molecule has 0 aromatic carbocycles. The van der Waals surface area contributed by atoms with Crippen LogP contribution in [-0.2, 0) is 4.74 Å². The highest BCUT2D eigenvalue weighted by molar-refractivity contribution is 5.68. The van der Waals surface area contributed by atoms with Crippen LogP contribution in [0.5, 0.6) is 0 Å². The van der Waals surface area contributed by atoms with Gasteiger partial charge in [0.15, 0.2) is 0 Å². The number of piperidine rings is 1. The van der Waals surface area contributed by atoms with Crippen LogP contribution in [0.25, 0.3) is 0 Å². The van der Waals surface area contributed by atoms with Crippen molar-refractivity contribution >= 4 is 6.09 Å². The molecular formula is C12H21NO3. The predicted molar refractivity (Wildman–Crippen MR) is 60.0 cm³/mol. The van der Waals surface area contributed by atoms with Crippen LogP contribution in [0.15, 0.2) is 0 Å². The van der Waals surface area contributed by atoms with Gasteiger partial charge in [0, 0.05) is 25.1 Å². The molecule has 0 aromatic heterocycles. The van der Waals surface area contributed by atoms with Crippen LogP contribution in [0.4, 0.5) is 4.79 Å². The Labute approximate surface area is 96.6 Å². The van der Waals surface area contributed by atoms with Crippen molar-refractivity contribution in [1.29, 1.82) is 0 Å². The van der Waals surface area contributed by atoms with E-state index in [-0.39, 0.29) is 18.1 Å². The fourth-order valence-corrected chi connectivity index (χ4v) is 2.48. The number of aliphatic hydroxyl groups is 1. The standard InChI is InChI=1S/C12H21NO3/c1-11(2,3)16-10(15)13-5-4-12(8-14)6-9(12)7-13/h9,14H,4-8H2,1-3H3/t9-,12-/m1/s1. The first-order chi connectivity index (χ1) is 7.36. The zero-order chi connectivity index (χ0) is 12.0. The van der Waals surface area contributed by atoms with E-state index in [0.717, 1.165) is 19.4 Å². The van der Waals surface area contributed by atoms with E-state index in [2.05, 4.69) is 0 Å². The maximum atomic E-state index is 11.8. The van der Waals surface area contributed by atoms with Gasteiger partial charge >= 0.3 is 6.09 Å². The molecule has 4 heteroatoms. The second kappa shape index (κ2) is 3.62. The summed E-state index contributed by atoms with van der Waals surface area (Å²) in [5.74, 6) is 0.485. The first-order valence-electron chi connectivity index (χ1n) is 5.95. The smallest absolute Gasteiger partial charge is 0.410 e. The third-order valence-electron chi connectivity index (χ3n) is 3.65. The van der Waals surface area contributed by atoms with E-state index in [9.17, 15) is 9.90 Å². The van der Waals surface area contributed by atoms with Crippen LogP contribution < -0.4 is 0 Å². The topological polar surface area (TPSA) is 49.8 Å². The van der Waals surface area contributed by atoms with E-state index in [1.165, 1.54) is 0 Å². The lowest BCUT2D eigenvalue weighted by Crippen LogP contribution is -2.42. The van der Waals surface area contributed by atoms with E-state index < -0.39 is 5.60 Å². The van der Waals surface area contributed by atoms with Gasteiger partial charge in [-0.25, -0.2) is 4.79 Å². The second-order valence-electron chi connectivity index (χ2n) is 6.10. The average Bonchev–Trinajstić information content (AvgIpc) is 2.88. The zero-order valence-corrected chi connectivity index (χ0v) is 10.3. The Hall–Kier alpha value is -0.770. The largest absolute Gasteiger partial charge is 0.444 e. The van der Waals surface area contributed by atoms with Crippen LogP contribution in [-0.4, -0.2) is 41.4 Å². The molecule has 4 nitrogen and oxygen atoms in total. The molecule has 0 bridgehead atoms. The van der Waals surface area contributed by atoms with Gasteiger partial charge in [0.1, 0.15) is 5.60 Å². The second-order valence-corrected chi connectivity index (χ2v) is 6.10. The highest BCUT2D eigenvalue weighted by atomic mass is 16.6. The molecule has 0 unspecified atom stereocenters. The lowest BCUT2D eigenvalue weighted by molar-refractivity contribution is 0.0149. The van der Waals surface area contributed by atoms with Gasteiger partial charge in [0.25, 0.3) is 0 Å². The van der Waals surface area contributed by atoms with Crippen molar-refractivity contribution in [1.82, 2.24) is 4.90 Å². The number of ether oxygens (including phenoxy) is 1. The Morgan fingerprint density at radius 1 is 1.56 bits per heavy atom. The van der Waals surface area contributed by atoms with Gasteiger partial charge in [-0.15, -0.1) is 0 Å². The lowest BCUT2D eigenvalue weighted by atomic mass is 9.96. The summed E-state index contributed by atoms with van der Waals surface area (Å²) in [6, 6.07) is 0. The zero-order valence-electron chi connectivity index (χ0n) is 10.3. The van der Waals surface area contributed by atoms with Crippen LogP contribution >= 0.6 is 0 Å². The van der Waals surface area contributed by atoms with Gasteiger partial charge in [-0.3, -0.25) is 0 Å². The van der Waals surface area contributed by atoms with Crippen LogP contribution in [0.3, 0.4) is 0 Å². The molecule has 92 valence electrons. The molecule has 1 aliphatic carbocycles. The maximum absolute atomic E-state index is 11.8. The monoisotopic (exact) mass is 227 g/mol. The van der Waals surface area contributed by atoms with E-state index in [0.29, 0.717) is 12.5 Å². The number of carbonyl (C=O) groups excluding carboxylic acids is 1. The molecule has 0 aromatic rings. The number of likely N-dealkylation sites (tertiary alicyclic amines) is 1. The van der Waals surface area contributed by atoms with Crippen molar-refractivity contribution in [3.8, 4) is 0 Å². The molecular weight excluding hydrogens is 206 g/mol. The molecule has 2 fully saturated rings. The Balaban J connectivity index is 1.87. The number of nitrogens with zero attached hydrogens (tertiary/aromatic N) is 1. The minimum absolute atomic E-state index is 0.137. The summed E-state index contributed by atoms with van der Waals surface area (Å²) in [5.41, 5.74) is -0.287. The summed E-state index contributed by atoms with van der Waals surface area (Å²) in [6.45, 7) is 7.36. The number of rotatable bonds is 1. The molecule has 2 atom stereocenters. The first kappa shape index (κ1) is 11.7. The minimum atomic E-state index is -0.424. The molecule has 1 amide bonds. The molecule has 1 aliphatic heterocycles. The van der Waals surface area contributed by atoms with Crippen LogP contribution in [0, 0.1) is 11.3 Å². The first-order valence-corrected chi connectivity index (χ1v) is 5.95. The summed E-state index contributed by atoms with van der Waals surface area (Å²) >= 11 is 0. The number of fused-ring (bicyclic) bond motifs is 1. The fraction of sp³-hybridized carbons (Fsp3) is 0.917. The van der Waals surface area contributed by atoms with Crippen LogP contribution in [0.2, 0.25) is 0 Å². The van der Waals surface area contributed by atoms with Crippen LogP contribution in [0.1, 0.15) is 33.6 Å². The molecule has 0 radical (unpaired) electrons. The number of hydrogen-bond acceptors (Lipinski definition) is 3. The minimum Gasteiger partial charge on any atom is -0.444 e. The van der Waals surface area contributed by atoms with E-state index in [4.69, 9.17) is 4.74 Å². The van der Waals surface area contributed by atoms with Gasteiger partial charge in [-0.05, 0) is 39.5 Å². The van der Waals surface area contributed by atoms with E-state index in [1.54, 1.807) is 4.90 Å². The maximum Gasteiger partial charge on any atom is 0.410 e. The summed E-state index contributed by atoms with van der Waals surface area (Å²) in [4.78, 5) is 13.6. The van der Waals surface area contributed by atoms with Gasteiger partial charge in [0.2, 0.25) is 0 Å². The third kappa shape index (κ3) is 2.17. The molecule has 1 saturated carbocycles. The fourth-order valence-electron chi connectivity index (χ4n) is 2.48. The quantitative estimate of drug-likeness (QED) is 0.740. The molecule has 1 saturated heterocycles. The summed E-state index contributed by atoms with van der Waals surface area (Å²) < 4.78 is 5.34. The summed E-state index contributed by atoms with van der Waals surface area (Å²) in [7, 11) is 0. The Morgan fingerprint density at radius 2 is 2.25 bits per heavy atom. The number of aliphatic hydroxyl groups excluding tert-OH is 1. The number of carbonyl (C=O) groups is 1. The SMILES string of the molecule is CC(C)(C)OC(=O)N1CC[C@]2(CO)C[C@@H]2C1. The van der Waals surface area contributed by atoms with Gasteiger partial charge in [-0.2, -0.15) is 0 Å². The molecule has 1 N–H and O–H groups in total. The molecule has 2 aliphatic rings. The highest BCUT2D eigenvalue weighted by Gasteiger charge is 2.56. The van der Waals surface area contributed by atoms with Gasteiger partial charge < -0.3 is 14.7 Å². The number of amides is 1. The normalized spacial score (nSPS) is 33.2. The van der Waals surface area contributed by atoms with Crippen molar-refractivity contribution in [2.75, 3.05) is 19.7 Å². The molecule has 16 heavy (non-hydrogen) atoms. The lowest BCUT2D eigenvalue weighted by Gasteiger charge is -2.32. The van der Waals surface area contributed by atoms with Crippen molar-refractivity contribution in [3.05, 3.63) is 0 Å². The van der Waals surface area contributed by atoms with Gasteiger partial charge in [0.05, 0.1) is 0 Å². The van der Waals surface area contributed by atoms with Crippen molar-refractivity contribution < 1.29 is 14.6 Å². The molecule has 2 rings (SSSR count). The van der Waals surface area contributed by atoms with E-state index >= 15 is 0 Å². The third-order valence-corrected chi connectivity index (χ3v) is 3.65. The molecule has 0 spiro atoms. The Kier molecular flexibility index (Phi) is 2.65. The Morgan fingerprint density at radius 3 is 2.75 bits per heavy atom. The summed E-state index contributed by atoms with van der Waals surface area (Å²) in [6.07, 6.45) is 1.75. The molecule has 1 heterocycles. The van der Waals surface area contributed by atoms with Crippen molar-refractivity contribution in [2.24, 2.45) is 11.3 Å². The highest BCUT2D eigenvalue weighted by Crippen LogP contribution is 2.57.